The lowest BCUT2D eigenvalue weighted by molar-refractivity contribution is -0.113. The number of hydrogen-bond acceptors (Lipinski definition) is 5. The number of imide groups is 1. The number of rotatable bonds is 4. The van der Waals surface area contributed by atoms with Crippen LogP contribution in [0.5, 0.6) is 0 Å². The zero-order chi connectivity index (χ0) is 23.0. The third-order valence-corrected chi connectivity index (χ3v) is 6.30. The molecular weight excluding hydrogens is 448 g/mol. The first-order valence-corrected chi connectivity index (χ1v) is 10.9. The average molecular weight is 467 g/mol. The number of esters is 1. The number of nitrogens with zero attached hydrogens (tertiary/aromatic N) is 2. The standard InChI is InChI=1S/C24H19ClN2O4S/c1-14-12-17(15(2)26(14)19-8-4-16(5-9-19)23(29)31-3)13-21-22(28)27(24(30)32-21)20-10-6-18(25)7-11-20/h4-13H,1-3H3/b21-13+. The van der Waals surface area contributed by atoms with Gasteiger partial charge in [-0.1, -0.05) is 11.6 Å². The fraction of sp³-hybridized carbons (Fsp3) is 0.125. The normalized spacial score (nSPS) is 15.0. The summed E-state index contributed by atoms with van der Waals surface area (Å²) >= 11 is 6.82. The Hall–Kier alpha value is -3.29. The molecule has 2 amide bonds. The van der Waals surface area contributed by atoms with Crippen LogP contribution in [0.3, 0.4) is 0 Å². The van der Waals surface area contributed by atoms with Crippen LogP contribution >= 0.6 is 23.4 Å². The molecule has 0 unspecified atom stereocenters. The highest BCUT2D eigenvalue weighted by atomic mass is 35.5. The Morgan fingerprint density at radius 1 is 1.00 bits per heavy atom. The number of aryl methyl sites for hydroxylation is 1. The van der Waals surface area contributed by atoms with Crippen molar-refractivity contribution in [3.8, 4) is 5.69 Å². The Morgan fingerprint density at radius 2 is 1.62 bits per heavy atom. The smallest absolute Gasteiger partial charge is 0.337 e. The zero-order valence-electron chi connectivity index (χ0n) is 17.6. The molecule has 0 bridgehead atoms. The minimum absolute atomic E-state index is 0.351. The minimum Gasteiger partial charge on any atom is -0.465 e. The monoisotopic (exact) mass is 466 g/mol. The maximum Gasteiger partial charge on any atom is 0.337 e. The second-order valence-corrected chi connectivity index (χ2v) is 8.62. The van der Waals surface area contributed by atoms with Crippen molar-refractivity contribution in [2.24, 2.45) is 0 Å². The minimum atomic E-state index is -0.394. The summed E-state index contributed by atoms with van der Waals surface area (Å²) in [6, 6.07) is 15.6. The van der Waals surface area contributed by atoms with Crippen LogP contribution < -0.4 is 4.90 Å². The lowest BCUT2D eigenvalue weighted by Crippen LogP contribution is -2.27. The van der Waals surface area contributed by atoms with Gasteiger partial charge in [-0.15, -0.1) is 0 Å². The molecule has 1 saturated heterocycles. The van der Waals surface area contributed by atoms with Crippen molar-refractivity contribution in [2.45, 2.75) is 13.8 Å². The van der Waals surface area contributed by atoms with Gasteiger partial charge in [0, 0.05) is 22.1 Å². The Kier molecular flexibility index (Phi) is 5.95. The van der Waals surface area contributed by atoms with Crippen LogP contribution in [0, 0.1) is 13.8 Å². The van der Waals surface area contributed by atoms with E-state index in [1.165, 1.54) is 7.11 Å². The number of hydrogen-bond donors (Lipinski definition) is 0. The van der Waals surface area contributed by atoms with Crippen LogP contribution in [0.25, 0.3) is 11.8 Å². The van der Waals surface area contributed by atoms with Gasteiger partial charge in [-0.2, -0.15) is 0 Å². The molecule has 0 atom stereocenters. The highest BCUT2D eigenvalue weighted by Crippen LogP contribution is 2.37. The molecule has 2 heterocycles. The molecule has 0 aliphatic carbocycles. The van der Waals surface area contributed by atoms with Gasteiger partial charge < -0.3 is 9.30 Å². The van der Waals surface area contributed by atoms with E-state index in [0.717, 1.165) is 39.3 Å². The zero-order valence-corrected chi connectivity index (χ0v) is 19.2. The van der Waals surface area contributed by atoms with Gasteiger partial charge >= 0.3 is 5.97 Å². The molecule has 6 nitrogen and oxygen atoms in total. The quantitative estimate of drug-likeness (QED) is 0.360. The van der Waals surface area contributed by atoms with E-state index in [0.29, 0.717) is 21.2 Å². The Bertz CT molecular complexity index is 1260. The van der Waals surface area contributed by atoms with E-state index in [1.807, 2.05) is 36.6 Å². The molecular formula is C24H19ClN2O4S. The number of carbonyl (C=O) groups is 3. The molecule has 1 aromatic heterocycles. The van der Waals surface area contributed by atoms with Gasteiger partial charge in [0.1, 0.15) is 0 Å². The van der Waals surface area contributed by atoms with E-state index in [2.05, 4.69) is 0 Å². The van der Waals surface area contributed by atoms with Crippen molar-refractivity contribution >= 4 is 52.2 Å². The number of halogens is 1. The number of anilines is 1. The van der Waals surface area contributed by atoms with Gasteiger partial charge in [0.2, 0.25) is 0 Å². The number of thioether (sulfide) groups is 1. The highest BCUT2D eigenvalue weighted by molar-refractivity contribution is 8.19. The molecule has 0 N–H and O–H groups in total. The number of ether oxygens (including phenoxy) is 1. The first kappa shape index (κ1) is 21.9. The second-order valence-electron chi connectivity index (χ2n) is 7.19. The van der Waals surface area contributed by atoms with Crippen LogP contribution in [0.15, 0.2) is 59.5 Å². The summed E-state index contributed by atoms with van der Waals surface area (Å²) in [7, 11) is 1.34. The maximum absolute atomic E-state index is 12.9. The molecule has 8 heteroatoms. The van der Waals surface area contributed by atoms with Crippen LogP contribution in [-0.2, 0) is 9.53 Å². The molecule has 0 radical (unpaired) electrons. The van der Waals surface area contributed by atoms with Crippen LogP contribution in [-0.4, -0.2) is 28.8 Å². The molecule has 1 aliphatic rings. The first-order chi connectivity index (χ1) is 15.3. The SMILES string of the molecule is COC(=O)c1ccc(-n2c(C)cc(/C=C3/SC(=O)N(c4ccc(Cl)cc4)C3=O)c2C)cc1. The summed E-state index contributed by atoms with van der Waals surface area (Å²) in [5.41, 5.74) is 4.53. The average Bonchev–Trinajstić information content (AvgIpc) is 3.22. The van der Waals surface area contributed by atoms with Gasteiger partial charge in [-0.05, 0) is 91.8 Å². The van der Waals surface area contributed by atoms with Crippen molar-refractivity contribution < 1.29 is 19.1 Å². The fourth-order valence-corrected chi connectivity index (χ4v) is 4.58. The van der Waals surface area contributed by atoms with Crippen molar-refractivity contribution in [3.63, 3.8) is 0 Å². The number of carbonyl (C=O) groups excluding carboxylic acids is 3. The molecule has 4 rings (SSSR count). The highest BCUT2D eigenvalue weighted by Gasteiger charge is 2.36. The number of methoxy groups -OCH3 is 1. The molecule has 0 saturated carbocycles. The van der Waals surface area contributed by atoms with Gasteiger partial charge in [-0.3, -0.25) is 9.59 Å². The first-order valence-electron chi connectivity index (χ1n) is 9.71. The Labute approximate surface area is 194 Å². The Balaban J connectivity index is 1.65. The van der Waals surface area contributed by atoms with Crippen molar-refractivity contribution in [1.82, 2.24) is 4.57 Å². The van der Waals surface area contributed by atoms with Gasteiger partial charge in [0.25, 0.3) is 11.1 Å². The number of aromatic nitrogens is 1. The third kappa shape index (κ3) is 3.97. The van der Waals surface area contributed by atoms with E-state index >= 15 is 0 Å². The molecule has 1 aliphatic heterocycles. The van der Waals surface area contributed by atoms with E-state index in [9.17, 15) is 14.4 Å². The summed E-state index contributed by atoms with van der Waals surface area (Å²) in [5.74, 6) is -0.760. The maximum atomic E-state index is 12.9. The van der Waals surface area contributed by atoms with Gasteiger partial charge in [-0.25, -0.2) is 9.69 Å². The van der Waals surface area contributed by atoms with Crippen molar-refractivity contribution in [3.05, 3.63) is 87.0 Å². The number of amides is 2. The summed E-state index contributed by atoms with van der Waals surface area (Å²) in [6.07, 6.45) is 1.74. The van der Waals surface area contributed by atoms with Crippen LogP contribution in [0.1, 0.15) is 27.3 Å². The largest absolute Gasteiger partial charge is 0.465 e. The predicted octanol–water partition coefficient (Wildman–Crippen LogP) is 5.78. The molecule has 162 valence electrons. The topological polar surface area (TPSA) is 68.6 Å². The van der Waals surface area contributed by atoms with Crippen LogP contribution in [0.2, 0.25) is 5.02 Å². The van der Waals surface area contributed by atoms with Gasteiger partial charge in [0.15, 0.2) is 0 Å². The molecule has 3 aromatic rings. The molecule has 0 spiro atoms. The van der Waals surface area contributed by atoms with Crippen molar-refractivity contribution in [1.29, 1.82) is 0 Å². The van der Waals surface area contributed by atoms with Gasteiger partial charge in [0.05, 0.1) is 23.3 Å². The van der Waals surface area contributed by atoms with E-state index < -0.39 is 5.97 Å². The Morgan fingerprint density at radius 3 is 2.25 bits per heavy atom. The second kappa shape index (κ2) is 8.68. The van der Waals surface area contributed by atoms with E-state index in [-0.39, 0.29) is 11.1 Å². The summed E-state index contributed by atoms with van der Waals surface area (Å²) in [5, 5.41) is 0.180. The van der Waals surface area contributed by atoms with E-state index in [1.54, 1.807) is 42.5 Å². The molecule has 2 aromatic carbocycles. The predicted molar refractivity (Wildman–Crippen MR) is 126 cm³/mol. The number of benzene rings is 2. The van der Waals surface area contributed by atoms with Crippen LogP contribution in [0.4, 0.5) is 10.5 Å². The van der Waals surface area contributed by atoms with E-state index in [4.69, 9.17) is 16.3 Å². The fourth-order valence-electron chi connectivity index (χ4n) is 3.62. The lowest BCUT2D eigenvalue weighted by atomic mass is 10.2. The lowest BCUT2D eigenvalue weighted by Gasteiger charge is -2.12. The molecule has 1 fully saturated rings. The van der Waals surface area contributed by atoms with Crippen molar-refractivity contribution in [2.75, 3.05) is 12.0 Å². The summed E-state index contributed by atoms with van der Waals surface area (Å²) < 4.78 is 6.77. The molecule has 32 heavy (non-hydrogen) atoms. The third-order valence-electron chi connectivity index (χ3n) is 5.18. The summed E-state index contributed by atoms with van der Waals surface area (Å²) in [6.45, 7) is 3.90. The summed E-state index contributed by atoms with van der Waals surface area (Å²) in [4.78, 5) is 38.6.